The number of nitrogens with one attached hydrogen (secondary N) is 2. The highest BCUT2D eigenvalue weighted by Gasteiger charge is 2.16. The molecule has 0 atom stereocenters. The normalized spacial score (nSPS) is 11.3. The quantitative estimate of drug-likeness (QED) is 0.689. The van der Waals surface area contributed by atoms with Crippen LogP contribution in [-0.2, 0) is 21.4 Å². The first-order valence-corrected chi connectivity index (χ1v) is 9.49. The van der Waals surface area contributed by atoms with Crippen LogP contribution in [0.4, 0.5) is 0 Å². The molecule has 0 saturated heterocycles. The maximum absolute atomic E-state index is 12.0. The number of ether oxygens (including phenoxy) is 1. The number of sulfonamides is 1. The molecule has 0 aliphatic rings. The molecule has 1 amide bonds. The summed E-state index contributed by atoms with van der Waals surface area (Å²) in [5.41, 5.74) is 0. The van der Waals surface area contributed by atoms with Gasteiger partial charge >= 0.3 is 0 Å². The average molecular weight is 387 g/mol. The molecule has 0 radical (unpaired) electrons. The SMILES string of the molecule is CCCNS(=O)(=O)c1ccc(OCC(=O)NCc2ccco2)c(Cl)c1. The van der Waals surface area contributed by atoms with E-state index in [-0.39, 0.29) is 34.7 Å². The van der Waals surface area contributed by atoms with E-state index >= 15 is 0 Å². The molecule has 7 nitrogen and oxygen atoms in total. The van der Waals surface area contributed by atoms with Gasteiger partial charge in [0, 0.05) is 6.54 Å². The number of halogens is 1. The number of carbonyl (C=O) groups is 1. The lowest BCUT2D eigenvalue weighted by Gasteiger charge is -2.10. The number of carbonyl (C=O) groups excluding carboxylic acids is 1. The fraction of sp³-hybridized carbons (Fsp3) is 0.312. The van der Waals surface area contributed by atoms with Gasteiger partial charge in [0.1, 0.15) is 11.5 Å². The number of hydrogen-bond acceptors (Lipinski definition) is 5. The third-order valence-electron chi connectivity index (χ3n) is 3.15. The first kappa shape index (κ1) is 19.3. The van der Waals surface area contributed by atoms with Gasteiger partial charge in [-0.2, -0.15) is 0 Å². The van der Waals surface area contributed by atoms with Crippen molar-refractivity contribution in [2.75, 3.05) is 13.2 Å². The van der Waals surface area contributed by atoms with Gasteiger partial charge in [-0.05, 0) is 36.8 Å². The fourth-order valence-electron chi connectivity index (χ4n) is 1.88. The van der Waals surface area contributed by atoms with Crippen LogP contribution in [0.25, 0.3) is 0 Å². The van der Waals surface area contributed by atoms with Crippen molar-refractivity contribution in [3.63, 3.8) is 0 Å². The van der Waals surface area contributed by atoms with Gasteiger partial charge in [0.25, 0.3) is 5.91 Å². The molecule has 0 fully saturated rings. The molecular formula is C16H19ClN2O5S. The molecule has 2 rings (SSSR count). The summed E-state index contributed by atoms with van der Waals surface area (Å²) in [5, 5.41) is 2.74. The van der Waals surface area contributed by atoms with Gasteiger partial charge in [0.2, 0.25) is 10.0 Å². The Morgan fingerprint density at radius 2 is 2.12 bits per heavy atom. The molecule has 2 N–H and O–H groups in total. The van der Waals surface area contributed by atoms with Crippen LogP contribution in [0, 0.1) is 0 Å². The van der Waals surface area contributed by atoms with E-state index < -0.39 is 10.0 Å². The summed E-state index contributed by atoms with van der Waals surface area (Å²) in [7, 11) is -3.61. The van der Waals surface area contributed by atoms with Gasteiger partial charge < -0.3 is 14.5 Å². The molecule has 0 saturated carbocycles. The predicted molar refractivity (Wildman–Crippen MR) is 93.0 cm³/mol. The lowest BCUT2D eigenvalue weighted by atomic mass is 10.3. The van der Waals surface area contributed by atoms with Crippen molar-refractivity contribution in [3.05, 3.63) is 47.4 Å². The number of rotatable bonds is 9. The van der Waals surface area contributed by atoms with Gasteiger partial charge in [-0.3, -0.25) is 4.79 Å². The maximum atomic E-state index is 12.0. The second-order valence-corrected chi connectivity index (χ2v) is 7.31. The van der Waals surface area contributed by atoms with E-state index in [1.54, 1.807) is 12.1 Å². The minimum Gasteiger partial charge on any atom is -0.482 e. The first-order valence-electron chi connectivity index (χ1n) is 7.63. The fourth-order valence-corrected chi connectivity index (χ4v) is 3.34. The lowest BCUT2D eigenvalue weighted by Crippen LogP contribution is -2.28. The van der Waals surface area contributed by atoms with Crippen LogP contribution in [0.1, 0.15) is 19.1 Å². The molecule has 0 spiro atoms. The van der Waals surface area contributed by atoms with Crippen molar-refractivity contribution in [1.82, 2.24) is 10.0 Å². The molecule has 2 aromatic rings. The lowest BCUT2D eigenvalue weighted by molar-refractivity contribution is -0.123. The van der Waals surface area contributed by atoms with Crippen LogP contribution in [-0.4, -0.2) is 27.5 Å². The van der Waals surface area contributed by atoms with Gasteiger partial charge in [-0.1, -0.05) is 18.5 Å². The van der Waals surface area contributed by atoms with Crippen LogP contribution in [0.3, 0.4) is 0 Å². The van der Waals surface area contributed by atoms with Crippen LogP contribution in [0.15, 0.2) is 45.9 Å². The van der Waals surface area contributed by atoms with Crippen molar-refractivity contribution < 1.29 is 22.4 Å². The molecule has 0 bridgehead atoms. The minimum atomic E-state index is -3.61. The van der Waals surface area contributed by atoms with Gasteiger partial charge in [-0.15, -0.1) is 0 Å². The highest BCUT2D eigenvalue weighted by molar-refractivity contribution is 7.89. The molecule has 0 aliphatic heterocycles. The van der Waals surface area contributed by atoms with Crippen LogP contribution < -0.4 is 14.8 Å². The van der Waals surface area contributed by atoms with Gasteiger partial charge in [-0.25, -0.2) is 13.1 Å². The van der Waals surface area contributed by atoms with E-state index in [1.807, 2.05) is 6.92 Å². The predicted octanol–water partition coefficient (Wildman–Crippen LogP) is 2.32. The van der Waals surface area contributed by atoms with Crippen LogP contribution >= 0.6 is 11.6 Å². The minimum absolute atomic E-state index is 0.0422. The zero-order chi connectivity index (χ0) is 18.3. The standard InChI is InChI=1S/C16H19ClN2O5S/c1-2-7-19-25(21,22)13-5-6-15(14(17)9-13)24-11-16(20)18-10-12-4-3-8-23-12/h3-6,8-9,19H,2,7,10-11H2,1H3,(H,18,20). The van der Waals surface area contributed by atoms with E-state index in [9.17, 15) is 13.2 Å². The Kier molecular flexibility index (Phi) is 6.86. The van der Waals surface area contributed by atoms with Crippen molar-refractivity contribution >= 4 is 27.5 Å². The summed E-state index contributed by atoms with van der Waals surface area (Å²) < 4.78 is 36.9. The van der Waals surface area contributed by atoms with Crippen LogP contribution in [0.2, 0.25) is 5.02 Å². The summed E-state index contributed by atoms with van der Waals surface area (Å²) in [6.45, 7) is 2.21. The third-order valence-corrected chi connectivity index (χ3v) is 4.91. The van der Waals surface area contributed by atoms with Crippen molar-refractivity contribution in [2.24, 2.45) is 0 Å². The van der Waals surface area contributed by atoms with Crippen molar-refractivity contribution in [1.29, 1.82) is 0 Å². The molecule has 25 heavy (non-hydrogen) atoms. The molecule has 1 aromatic carbocycles. The Bertz CT molecular complexity index is 806. The van der Waals surface area contributed by atoms with Gasteiger partial charge in [0.15, 0.2) is 6.61 Å². The summed E-state index contributed by atoms with van der Waals surface area (Å²) in [6, 6.07) is 7.55. The molecule has 9 heteroatoms. The van der Waals surface area contributed by atoms with E-state index in [1.165, 1.54) is 24.5 Å². The summed E-state index contributed by atoms with van der Waals surface area (Å²) in [4.78, 5) is 11.8. The smallest absolute Gasteiger partial charge is 0.258 e. The van der Waals surface area contributed by atoms with E-state index in [4.69, 9.17) is 20.8 Å². The topological polar surface area (TPSA) is 97.6 Å². The van der Waals surface area contributed by atoms with E-state index in [0.29, 0.717) is 18.7 Å². The molecular weight excluding hydrogens is 368 g/mol. The van der Waals surface area contributed by atoms with E-state index in [2.05, 4.69) is 10.0 Å². The van der Waals surface area contributed by atoms with Crippen molar-refractivity contribution in [2.45, 2.75) is 24.8 Å². The number of furan rings is 1. The summed E-state index contributed by atoms with van der Waals surface area (Å²) in [5.74, 6) is 0.499. The molecule has 0 aliphatic carbocycles. The largest absolute Gasteiger partial charge is 0.482 e. The highest BCUT2D eigenvalue weighted by Crippen LogP contribution is 2.27. The number of hydrogen-bond donors (Lipinski definition) is 2. The van der Waals surface area contributed by atoms with E-state index in [0.717, 1.165) is 0 Å². The van der Waals surface area contributed by atoms with Crippen molar-refractivity contribution in [3.8, 4) is 5.75 Å². The molecule has 1 aromatic heterocycles. The zero-order valence-electron chi connectivity index (χ0n) is 13.6. The molecule has 136 valence electrons. The Morgan fingerprint density at radius 1 is 1.32 bits per heavy atom. The highest BCUT2D eigenvalue weighted by atomic mass is 35.5. The van der Waals surface area contributed by atoms with Gasteiger partial charge in [0.05, 0.1) is 22.7 Å². The number of amides is 1. The van der Waals surface area contributed by atoms with Crippen LogP contribution in [0.5, 0.6) is 5.75 Å². The molecule has 1 heterocycles. The average Bonchev–Trinajstić information content (AvgIpc) is 3.10. The first-order chi connectivity index (χ1) is 11.9. The second-order valence-electron chi connectivity index (χ2n) is 5.13. The second kappa shape index (κ2) is 8.89. The number of benzene rings is 1. The maximum Gasteiger partial charge on any atom is 0.258 e. The Hall–Kier alpha value is -2.03. The zero-order valence-corrected chi connectivity index (χ0v) is 15.2. The Balaban J connectivity index is 1.91. The Morgan fingerprint density at radius 3 is 2.76 bits per heavy atom. The third kappa shape index (κ3) is 5.77. The molecule has 0 unspecified atom stereocenters. The monoisotopic (exact) mass is 386 g/mol. The Labute approximate surface area is 151 Å². The summed E-state index contributed by atoms with van der Waals surface area (Å²) in [6.07, 6.45) is 2.20. The summed E-state index contributed by atoms with van der Waals surface area (Å²) >= 11 is 6.05.